The minimum absolute atomic E-state index is 0.00497. The van der Waals surface area contributed by atoms with Crippen LogP contribution in [-0.2, 0) is 0 Å². The lowest BCUT2D eigenvalue weighted by atomic mass is 10.1. The number of nitro benzene ring substituents is 1. The fraction of sp³-hybridized carbons (Fsp3) is 0. The number of non-ortho nitro benzene ring substituents is 1. The largest absolute Gasteiger partial charge is 0.451 e. The van der Waals surface area contributed by atoms with Crippen LogP contribution in [0.1, 0.15) is 20.9 Å². The van der Waals surface area contributed by atoms with Gasteiger partial charge in [-0.05, 0) is 60.7 Å². The fourth-order valence-corrected chi connectivity index (χ4v) is 3.36. The van der Waals surface area contributed by atoms with Gasteiger partial charge in [0.15, 0.2) is 10.9 Å². The average Bonchev–Trinajstić information content (AvgIpc) is 3.36. The predicted molar refractivity (Wildman–Crippen MR) is 135 cm³/mol. The molecule has 0 saturated heterocycles. The maximum absolute atomic E-state index is 12.5. The number of carbonyl (C=O) groups excluding carboxylic acids is 2. The molecule has 0 aliphatic rings. The molecule has 3 N–H and O–H groups in total. The Balaban J connectivity index is 1.33. The van der Waals surface area contributed by atoms with E-state index in [-0.39, 0.29) is 22.5 Å². The van der Waals surface area contributed by atoms with Crippen LogP contribution in [-0.4, -0.2) is 21.9 Å². The summed E-state index contributed by atoms with van der Waals surface area (Å²) < 4.78 is 5.54. The van der Waals surface area contributed by atoms with Crippen LogP contribution in [0.5, 0.6) is 0 Å². The van der Waals surface area contributed by atoms with Crippen molar-refractivity contribution in [3.05, 3.63) is 112 Å². The van der Waals surface area contributed by atoms with Crippen LogP contribution in [0.15, 0.2) is 95.4 Å². The number of furan rings is 1. The molecule has 0 fully saturated rings. The molecule has 0 radical (unpaired) electrons. The van der Waals surface area contributed by atoms with Gasteiger partial charge in [0.2, 0.25) is 0 Å². The summed E-state index contributed by atoms with van der Waals surface area (Å²) in [6, 6.07) is 24.6. The Hall–Kier alpha value is -4.83. The van der Waals surface area contributed by atoms with Crippen LogP contribution in [0, 0.1) is 10.1 Å². The number of nitro groups is 1. The Labute approximate surface area is 204 Å². The normalized spacial score (nSPS) is 10.3. The smallest absolute Gasteiger partial charge is 0.293 e. The zero-order valence-electron chi connectivity index (χ0n) is 18.1. The lowest BCUT2D eigenvalue weighted by molar-refractivity contribution is -0.384. The summed E-state index contributed by atoms with van der Waals surface area (Å²) in [6.07, 6.45) is 0. The Morgan fingerprint density at radius 2 is 1.49 bits per heavy atom. The van der Waals surface area contributed by atoms with Gasteiger partial charge in [-0.25, -0.2) is 0 Å². The van der Waals surface area contributed by atoms with Crippen LogP contribution in [0.3, 0.4) is 0 Å². The molecule has 2 amide bonds. The maximum Gasteiger partial charge on any atom is 0.293 e. The highest BCUT2D eigenvalue weighted by Crippen LogP contribution is 2.25. The van der Waals surface area contributed by atoms with Gasteiger partial charge in [0.05, 0.1) is 4.92 Å². The van der Waals surface area contributed by atoms with Crippen LogP contribution in [0.25, 0.3) is 11.3 Å². The lowest BCUT2D eigenvalue weighted by Crippen LogP contribution is -2.33. The van der Waals surface area contributed by atoms with Crippen LogP contribution < -0.4 is 16.0 Å². The van der Waals surface area contributed by atoms with Gasteiger partial charge in [0, 0.05) is 34.6 Å². The third-order valence-electron chi connectivity index (χ3n) is 4.83. The molecule has 4 rings (SSSR count). The highest BCUT2D eigenvalue weighted by Gasteiger charge is 2.15. The van der Waals surface area contributed by atoms with Crippen LogP contribution in [0.4, 0.5) is 17.1 Å². The molecule has 0 spiro atoms. The van der Waals surface area contributed by atoms with E-state index < -0.39 is 10.8 Å². The number of benzene rings is 3. The van der Waals surface area contributed by atoms with Crippen molar-refractivity contribution in [1.29, 1.82) is 0 Å². The van der Waals surface area contributed by atoms with Crippen molar-refractivity contribution in [2.75, 3.05) is 10.6 Å². The second-order valence-corrected chi connectivity index (χ2v) is 7.69. The Bertz CT molecular complexity index is 1400. The number of thiocarbonyl (C=S) groups is 1. The van der Waals surface area contributed by atoms with Crippen LogP contribution in [0.2, 0.25) is 0 Å². The van der Waals surface area contributed by atoms with Gasteiger partial charge in [-0.3, -0.25) is 25.0 Å². The Morgan fingerprint density at radius 3 is 2.17 bits per heavy atom. The summed E-state index contributed by atoms with van der Waals surface area (Å²) in [4.78, 5) is 35.2. The van der Waals surface area contributed by atoms with E-state index in [4.69, 9.17) is 16.6 Å². The molecule has 0 saturated carbocycles. The molecule has 0 aliphatic heterocycles. The van der Waals surface area contributed by atoms with Crippen molar-refractivity contribution in [3.63, 3.8) is 0 Å². The minimum atomic E-state index is -0.578. The molecule has 0 aliphatic carbocycles. The van der Waals surface area contributed by atoms with Gasteiger partial charge in [-0.2, -0.15) is 0 Å². The first kappa shape index (κ1) is 23.3. The third kappa shape index (κ3) is 5.95. The molecule has 10 heteroatoms. The molecule has 174 valence electrons. The van der Waals surface area contributed by atoms with E-state index in [1.54, 1.807) is 60.7 Å². The molecule has 4 aromatic rings. The Kier molecular flexibility index (Phi) is 6.94. The summed E-state index contributed by atoms with van der Waals surface area (Å²) in [5, 5.41) is 19.2. The quantitative estimate of drug-likeness (QED) is 0.193. The molecule has 0 bridgehead atoms. The maximum atomic E-state index is 12.5. The van der Waals surface area contributed by atoms with Crippen molar-refractivity contribution in [2.45, 2.75) is 0 Å². The molecule has 3 aromatic carbocycles. The van der Waals surface area contributed by atoms with Gasteiger partial charge >= 0.3 is 0 Å². The van der Waals surface area contributed by atoms with Gasteiger partial charge in [0.25, 0.3) is 17.5 Å². The van der Waals surface area contributed by atoms with E-state index in [2.05, 4.69) is 16.0 Å². The first-order chi connectivity index (χ1) is 16.9. The second-order valence-electron chi connectivity index (χ2n) is 7.28. The number of rotatable bonds is 6. The topological polar surface area (TPSA) is 127 Å². The summed E-state index contributed by atoms with van der Waals surface area (Å²) in [5.74, 6) is -0.497. The number of carbonyl (C=O) groups is 2. The minimum Gasteiger partial charge on any atom is -0.451 e. The first-order valence-electron chi connectivity index (χ1n) is 10.3. The van der Waals surface area contributed by atoms with E-state index in [9.17, 15) is 19.7 Å². The summed E-state index contributed by atoms with van der Waals surface area (Å²) in [6.45, 7) is 0. The van der Waals surface area contributed by atoms with E-state index >= 15 is 0 Å². The van der Waals surface area contributed by atoms with Gasteiger partial charge in [0.1, 0.15) is 5.76 Å². The molecule has 0 unspecified atom stereocenters. The molecule has 1 heterocycles. The monoisotopic (exact) mass is 486 g/mol. The van der Waals surface area contributed by atoms with E-state index in [0.29, 0.717) is 28.3 Å². The number of hydrogen-bond acceptors (Lipinski definition) is 6. The SMILES string of the molecule is O=C(Nc1ccc(NC(=S)NC(=O)c2ccc(-c3cccc([N+](=O)[O-])c3)o2)cc1)c1ccccc1. The van der Waals surface area contributed by atoms with Crippen molar-refractivity contribution < 1.29 is 18.9 Å². The molecular formula is C25H18N4O5S. The predicted octanol–water partition coefficient (Wildman–Crippen LogP) is 5.23. The average molecular weight is 487 g/mol. The number of nitrogens with one attached hydrogen (secondary N) is 3. The number of nitrogens with zero attached hydrogens (tertiary/aromatic N) is 1. The molecule has 35 heavy (non-hydrogen) atoms. The number of hydrogen-bond donors (Lipinski definition) is 3. The summed E-state index contributed by atoms with van der Waals surface area (Å²) in [5.41, 5.74) is 2.14. The lowest BCUT2D eigenvalue weighted by Gasteiger charge is -2.10. The Morgan fingerprint density at radius 1 is 0.800 bits per heavy atom. The summed E-state index contributed by atoms with van der Waals surface area (Å²) >= 11 is 5.20. The second kappa shape index (κ2) is 10.4. The van der Waals surface area contributed by atoms with Crippen molar-refractivity contribution in [2.24, 2.45) is 0 Å². The highest BCUT2D eigenvalue weighted by molar-refractivity contribution is 7.80. The zero-order chi connectivity index (χ0) is 24.8. The van der Waals surface area contributed by atoms with Gasteiger partial charge in [-0.15, -0.1) is 0 Å². The molecule has 0 atom stereocenters. The fourth-order valence-electron chi connectivity index (χ4n) is 3.14. The number of anilines is 2. The van der Waals surface area contributed by atoms with Crippen LogP contribution >= 0.6 is 12.2 Å². The molecule has 1 aromatic heterocycles. The summed E-state index contributed by atoms with van der Waals surface area (Å²) in [7, 11) is 0. The van der Waals surface area contributed by atoms with Gasteiger partial charge < -0.3 is 15.1 Å². The van der Waals surface area contributed by atoms with E-state index in [1.807, 2.05) is 6.07 Å². The number of amides is 2. The zero-order valence-corrected chi connectivity index (χ0v) is 18.9. The third-order valence-corrected chi connectivity index (χ3v) is 5.04. The van der Waals surface area contributed by atoms with Crippen molar-refractivity contribution in [3.8, 4) is 11.3 Å². The van der Waals surface area contributed by atoms with Crippen molar-refractivity contribution in [1.82, 2.24) is 5.32 Å². The standard InChI is InChI=1S/C25H18N4O5S/c30-23(16-5-2-1-3-6-16)26-18-9-11-19(12-10-18)27-25(35)28-24(31)22-14-13-21(34-22)17-7-4-8-20(15-17)29(32)33/h1-15H,(H,26,30)(H2,27,28,31,35). The molecule has 9 nitrogen and oxygen atoms in total. The van der Waals surface area contributed by atoms with E-state index in [1.165, 1.54) is 24.3 Å². The molecular weight excluding hydrogens is 468 g/mol. The van der Waals surface area contributed by atoms with Gasteiger partial charge in [-0.1, -0.05) is 30.3 Å². The first-order valence-corrected chi connectivity index (χ1v) is 10.7. The van der Waals surface area contributed by atoms with Crippen molar-refractivity contribution >= 4 is 46.2 Å². The highest BCUT2D eigenvalue weighted by atomic mass is 32.1. The van der Waals surface area contributed by atoms with E-state index in [0.717, 1.165) is 0 Å².